The quantitative estimate of drug-likeness (QED) is 0.808. The SMILES string of the molecule is CCN1CCOC(Cn2c(CCl)nc3ccc(Cl)cc32)C1. The third-order valence-electron chi connectivity index (χ3n) is 3.97. The summed E-state index contributed by atoms with van der Waals surface area (Å²) in [5.74, 6) is 1.25. The van der Waals surface area contributed by atoms with Gasteiger partial charge in [-0.3, -0.25) is 4.90 Å². The minimum Gasteiger partial charge on any atom is -0.374 e. The Bertz CT molecular complexity index is 629. The third kappa shape index (κ3) is 3.19. The van der Waals surface area contributed by atoms with Gasteiger partial charge >= 0.3 is 0 Å². The third-order valence-corrected chi connectivity index (χ3v) is 4.44. The van der Waals surface area contributed by atoms with E-state index in [0.717, 1.165) is 49.6 Å². The molecule has 1 unspecified atom stereocenters. The lowest BCUT2D eigenvalue weighted by molar-refractivity contribution is -0.0340. The molecule has 0 N–H and O–H groups in total. The van der Waals surface area contributed by atoms with Gasteiger partial charge in [-0.15, -0.1) is 11.6 Å². The van der Waals surface area contributed by atoms with Gasteiger partial charge in [-0.1, -0.05) is 18.5 Å². The van der Waals surface area contributed by atoms with E-state index in [9.17, 15) is 0 Å². The topological polar surface area (TPSA) is 30.3 Å². The van der Waals surface area contributed by atoms with E-state index in [1.807, 2.05) is 18.2 Å². The summed E-state index contributed by atoms with van der Waals surface area (Å²) >= 11 is 12.2. The highest BCUT2D eigenvalue weighted by Crippen LogP contribution is 2.23. The average Bonchev–Trinajstić information content (AvgIpc) is 2.85. The van der Waals surface area contributed by atoms with Crippen LogP contribution >= 0.6 is 23.2 Å². The fraction of sp³-hybridized carbons (Fsp3) is 0.533. The van der Waals surface area contributed by atoms with Crippen LogP contribution in [0.5, 0.6) is 0 Å². The summed E-state index contributed by atoms with van der Waals surface area (Å²) in [4.78, 5) is 6.98. The van der Waals surface area contributed by atoms with Crippen LogP contribution in [0.25, 0.3) is 11.0 Å². The molecule has 1 fully saturated rings. The van der Waals surface area contributed by atoms with Gasteiger partial charge in [0.25, 0.3) is 0 Å². The first-order chi connectivity index (χ1) is 10.2. The van der Waals surface area contributed by atoms with Crippen molar-refractivity contribution in [1.29, 1.82) is 0 Å². The van der Waals surface area contributed by atoms with Gasteiger partial charge in [0, 0.05) is 18.1 Å². The van der Waals surface area contributed by atoms with E-state index in [1.54, 1.807) is 0 Å². The van der Waals surface area contributed by atoms with E-state index in [2.05, 4.69) is 21.4 Å². The Hall–Kier alpha value is -0.810. The van der Waals surface area contributed by atoms with Crippen LogP contribution in [-0.2, 0) is 17.2 Å². The zero-order chi connectivity index (χ0) is 14.8. The van der Waals surface area contributed by atoms with Crippen LogP contribution in [0.15, 0.2) is 18.2 Å². The number of rotatable bonds is 4. The number of alkyl halides is 1. The molecule has 1 aromatic heterocycles. The average molecular weight is 328 g/mol. The van der Waals surface area contributed by atoms with Crippen molar-refractivity contribution in [2.75, 3.05) is 26.2 Å². The number of fused-ring (bicyclic) bond motifs is 1. The van der Waals surface area contributed by atoms with E-state index in [-0.39, 0.29) is 6.10 Å². The highest BCUT2D eigenvalue weighted by Gasteiger charge is 2.22. The molecule has 0 amide bonds. The molecule has 1 atom stereocenters. The second-order valence-corrected chi connectivity index (χ2v) is 6.00. The van der Waals surface area contributed by atoms with E-state index >= 15 is 0 Å². The predicted octanol–water partition coefficient (Wildman–Crippen LogP) is 3.15. The predicted molar refractivity (Wildman–Crippen MR) is 86.2 cm³/mol. The van der Waals surface area contributed by atoms with E-state index < -0.39 is 0 Å². The number of ether oxygens (including phenoxy) is 1. The van der Waals surface area contributed by atoms with Crippen LogP contribution in [0.4, 0.5) is 0 Å². The molecule has 3 rings (SSSR count). The maximum absolute atomic E-state index is 6.12. The van der Waals surface area contributed by atoms with Gasteiger partial charge in [0.15, 0.2) is 0 Å². The summed E-state index contributed by atoms with van der Waals surface area (Å²) in [6.07, 6.45) is 0.164. The Morgan fingerprint density at radius 3 is 3.05 bits per heavy atom. The summed E-state index contributed by atoms with van der Waals surface area (Å²) < 4.78 is 8.03. The van der Waals surface area contributed by atoms with Crippen LogP contribution in [0.2, 0.25) is 5.02 Å². The normalized spacial score (nSPS) is 20.2. The lowest BCUT2D eigenvalue weighted by atomic mass is 10.2. The smallest absolute Gasteiger partial charge is 0.124 e. The number of halogens is 2. The highest BCUT2D eigenvalue weighted by molar-refractivity contribution is 6.31. The Kier molecular flexibility index (Phi) is 4.69. The van der Waals surface area contributed by atoms with Crippen LogP contribution in [0.3, 0.4) is 0 Å². The lowest BCUT2D eigenvalue weighted by Gasteiger charge is -2.32. The molecule has 0 spiro atoms. The molecule has 6 heteroatoms. The summed E-state index contributed by atoms with van der Waals surface area (Å²) in [7, 11) is 0. The molecule has 21 heavy (non-hydrogen) atoms. The van der Waals surface area contributed by atoms with Crippen molar-refractivity contribution in [2.45, 2.75) is 25.5 Å². The molecule has 0 bridgehead atoms. The number of nitrogens with zero attached hydrogens (tertiary/aromatic N) is 3. The Labute approximate surface area is 134 Å². The molecule has 114 valence electrons. The van der Waals surface area contributed by atoms with Crippen molar-refractivity contribution in [3.05, 3.63) is 29.0 Å². The zero-order valence-electron chi connectivity index (χ0n) is 12.1. The van der Waals surface area contributed by atoms with Gasteiger partial charge in [-0.2, -0.15) is 0 Å². The van der Waals surface area contributed by atoms with E-state index in [4.69, 9.17) is 27.9 Å². The highest BCUT2D eigenvalue weighted by atomic mass is 35.5. The fourth-order valence-electron chi connectivity index (χ4n) is 2.83. The van der Waals surface area contributed by atoms with Crippen molar-refractivity contribution in [3.63, 3.8) is 0 Å². The molecule has 2 aromatic rings. The molecule has 0 saturated carbocycles. The second kappa shape index (κ2) is 6.53. The largest absolute Gasteiger partial charge is 0.374 e. The van der Waals surface area contributed by atoms with Crippen molar-refractivity contribution in [2.24, 2.45) is 0 Å². The summed E-state index contributed by atoms with van der Waals surface area (Å²) in [6, 6.07) is 5.74. The van der Waals surface area contributed by atoms with Gasteiger partial charge in [0.1, 0.15) is 5.82 Å². The van der Waals surface area contributed by atoms with Crippen molar-refractivity contribution in [1.82, 2.24) is 14.5 Å². The number of benzene rings is 1. The van der Waals surface area contributed by atoms with Crippen LogP contribution in [-0.4, -0.2) is 46.8 Å². The Balaban J connectivity index is 1.90. The molecule has 1 aliphatic heterocycles. The summed E-state index contributed by atoms with van der Waals surface area (Å²) in [5, 5.41) is 0.713. The summed E-state index contributed by atoms with van der Waals surface area (Å²) in [6.45, 7) is 6.72. The van der Waals surface area contributed by atoms with Crippen LogP contribution in [0, 0.1) is 0 Å². The first-order valence-corrected chi connectivity index (χ1v) is 8.17. The number of hydrogen-bond donors (Lipinski definition) is 0. The Morgan fingerprint density at radius 1 is 1.43 bits per heavy atom. The molecule has 2 heterocycles. The second-order valence-electron chi connectivity index (χ2n) is 5.29. The number of likely N-dealkylation sites (N-methyl/N-ethyl adjacent to an activating group) is 1. The minimum absolute atomic E-state index is 0.164. The maximum Gasteiger partial charge on any atom is 0.124 e. The lowest BCUT2D eigenvalue weighted by Crippen LogP contribution is -2.44. The van der Waals surface area contributed by atoms with Gasteiger partial charge in [0.05, 0.1) is 36.2 Å². The van der Waals surface area contributed by atoms with Gasteiger partial charge in [-0.25, -0.2) is 4.98 Å². The molecule has 0 radical (unpaired) electrons. The standard InChI is InChI=1S/C15H19Cl2N3O/c1-2-19-5-6-21-12(9-19)10-20-14-7-11(17)3-4-13(14)18-15(20)8-16/h3-4,7,12H,2,5-6,8-10H2,1H3. The van der Waals surface area contributed by atoms with Crippen molar-refractivity contribution >= 4 is 34.2 Å². The molecular formula is C15H19Cl2N3O. The number of imidazole rings is 1. The molecule has 1 aliphatic rings. The van der Waals surface area contributed by atoms with Crippen molar-refractivity contribution < 1.29 is 4.74 Å². The zero-order valence-corrected chi connectivity index (χ0v) is 13.6. The molecule has 0 aliphatic carbocycles. The van der Waals surface area contributed by atoms with E-state index in [0.29, 0.717) is 10.9 Å². The van der Waals surface area contributed by atoms with Gasteiger partial charge < -0.3 is 9.30 Å². The molecule has 1 saturated heterocycles. The molecule has 1 aromatic carbocycles. The number of aromatic nitrogens is 2. The number of hydrogen-bond acceptors (Lipinski definition) is 3. The summed E-state index contributed by atoms with van der Waals surface area (Å²) in [5.41, 5.74) is 1.95. The maximum atomic E-state index is 6.12. The monoisotopic (exact) mass is 327 g/mol. The first-order valence-electron chi connectivity index (χ1n) is 7.26. The van der Waals surface area contributed by atoms with Crippen LogP contribution in [0.1, 0.15) is 12.7 Å². The van der Waals surface area contributed by atoms with Crippen molar-refractivity contribution in [3.8, 4) is 0 Å². The fourth-order valence-corrected chi connectivity index (χ4v) is 3.20. The van der Waals surface area contributed by atoms with Gasteiger partial charge in [0.2, 0.25) is 0 Å². The Morgan fingerprint density at radius 2 is 2.29 bits per heavy atom. The number of morpholine rings is 1. The van der Waals surface area contributed by atoms with Crippen LogP contribution < -0.4 is 0 Å². The molecule has 4 nitrogen and oxygen atoms in total. The van der Waals surface area contributed by atoms with Gasteiger partial charge in [-0.05, 0) is 24.7 Å². The first kappa shape index (κ1) is 15.1. The molecular weight excluding hydrogens is 309 g/mol. The van der Waals surface area contributed by atoms with E-state index in [1.165, 1.54) is 0 Å². The minimum atomic E-state index is 0.164.